The van der Waals surface area contributed by atoms with Crippen LogP contribution in [-0.2, 0) is 6.42 Å². The molecule has 0 radical (unpaired) electrons. The van der Waals surface area contributed by atoms with Gasteiger partial charge in [0.1, 0.15) is 0 Å². The molecule has 7 nitrogen and oxygen atoms in total. The standard InChI is InChI=1S/C18H24N4O3/c1-22(18(23)13-5-6-15(21-20)14(19)11-13)9-8-12-4-7-16(24-2)17(10-12)25-3/h4-7,10-11,21H,8-9,19-20H2,1-3H3. The molecular weight excluding hydrogens is 320 g/mol. The molecule has 0 atom stereocenters. The number of hydrogen-bond donors (Lipinski definition) is 3. The molecule has 0 saturated carbocycles. The number of nitrogens with zero attached hydrogens (tertiary/aromatic N) is 1. The van der Waals surface area contributed by atoms with Crippen molar-refractivity contribution in [2.24, 2.45) is 5.84 Å². The summed E-state index contributed by atoms with van der Waals surface area (Å²) in [7, 11) is 4.96. The summed E-state index contributed by atoms with van der Waals surface area (Å²) in [5.41, 5.74) is 10.9. The van der Waals surface area contributed by atoms with Crippen LogP contribution in [0.2, 0.25) is 0 Å². The molecule has 2 aromatic carbocycles. The molecule has 134 valence electrons. The first-order valence-electron chi connectivity index (χ1n) is 7.82. The summed E-state index contributed by atoms with van der Waals surface area (Å²) >= 11 is 0. The predicted octanol–water partition coefficient (Wildman–Crippen LogP) is 1.89. The highest BCUT2D eigenvalue weighted by molar-refractivity contribution is 5.96. The van der Waals surface area contributed by atoms with Gasteiger partial charge in [-0.2, -0.15) is 0 Å². The Morgan fingerprint density at radius 1 is 1.12 bits per heavy atom. The van der Waals surface area contributed by atoms with Gasteiger partial charge in [0.15, 0.2) is 11.5 Å². The van der Waals surface area contributed by atoms with E-state index in [1.807, 2.05) is 18.2 Å². The molecular formula is C18H24N4O3. The van der Waals surface area contributed by atoms with Gasteiger partial charge in [-0.05, 0) is 42.3 Å². The Balaban J connectivity index is 2.03. The Bertz CT molecular complexity index is 749. The number of amides is 1. The van der Waals surface area contributed by atoms with E-state index in [9.17, 15) is 4.79 Å². The van der Waals surface area contributed by atoms with Crippen LogP contribution in [0.3, 0.4) is 0 Å². The zero-order chi connectivity index (χ0) is 18.4. The molecule has 5 N–H and O–H groups in total. The van der Waals surface area contributed by atoms with Gasteiger partial charge in [-0.25, -0.2) is 0 Å². The number of nitrogens with two attached hydrogens (primary N) is 2. The monoisotopic (exact) mass is 344 g/mol. The molecule has 0 aliphatic rings. The highest BCUT2D eigenvalue weighted by atomic mass is 16.5. The molecule has 0 aliphatic heterocycles. The van der Waals surface area contributed by atoms with E-state index in [2.05, 4.69) is 5.43 Å². The number of benzene rings is 2. The molecule has 0 heterocycles. The van der Waals surface area contributed by atoms with Crippen molar-refractivity contribution in [2.45, 2.75) is 6.42 Å². The van der Waals surface area contributed by atoms with Crippen molar-refractivity contribution in [2.75, 3.05) is 39.0 Å². The third-order valence-corrected chi connectivity index (χ3v) is 3.98. The first-order chi connectivity index (χ1) is 12.0. The Labute approximate surface area is 147 Å². The van der Waals surface area contributed by atoms with Gasteiger partial charge in [0.05, 0.1) is 25.6 Å². The number of anilines is 2. The quantitative estimate of drug-likeness (QED) is 0.403. The molecule has 2 aromatic rings. The maximum atomic E-state index is 12.5. The van der Waals surface area contributed by atoms with E-state index in [0.29, 0.717) is 41.4 Å². The Kier molecular flexibility index (Phi) is 6.08. The van der Waals surface area contributed by atoms with Crippen LogP contribution in [0, 0.1) is 0 Å². The lowest BCUT2D eigenvalue weighted by molar-refractivity contribution is 0.0796. The van der Waals surface area contributed by atoms with E-state index in [4.69, 9.17) is 21.1 Å². The highest BCUT2D eigenvalue weighted by Gasteiger charge is 2.13. The molecule has 25 heavy (non-hydrogen) atoms. The number of carbonyl (C=O) groups excluding carboxylic acids is 1. The van der Waals surface area contributed by atoms with Gasteiger partial charge in [-0.1, -0.05) is 6.07 Å². The van der Waals surface area contributed by atoms with Crippen molar-refractivity contribution in [1.82, 2.24) is 4.90 Å². The van der Waals surface area contributed by atoms with Crippen molar-refractivity contribution >= 4 is 17.3 Å². The van der Waals surface area contributed by atoms with Gasteiger partial charge in [0.2, 0.25) is 0 Å². The molecule has 0 spiro atoms. The SMILES string of the molecule is COc1ccc(CCN(C)C(=O)c2ccc(NN)c(N)c2)cc1OC. The van der Waals surface area contributed by atoms with E-state index in [0.717, 1.165) is 5.56 Å². The number of nitrogen functional groups attached to an aromatic ring is 2. The van der Waals surface area contributed by atoms with Crippen LogP contribution >= 0.6 is 0 Å². The van der Waals surface area contributed by atoms with E-state index in [1.165, 1.54) is 0 Å². The van der Waals surface area contributed by atoms with Crippen LogP contribution < -0.4 is 26.5 Å². The fourth-order valence-electron chi connectivity index (χ4n) is 2.48. The summed E-state index contributed by atoms with van der Waals surface area (Å²) in [6.07, 6.45) is 0.695. The zero-order valence-corrected chi connectivity index (χ0v) is 14.7. The second-order valence-corrected chi connectivity index (χ2v) is 5.61. The van der Waals surface area contributed by atoms with Gasteiger partial charge < -0.3 is 25.5 Å². The van der Waals surface area contributed by atoms with Gasteiger partial charge in [-0.15, -0.1) is 0 Å². The summed E-state index contributed by atoms with van der Waals surface area (Å²) in [6.45, 7) is 0.561. The summed E-state index contributed by atoms with van der Waals surface area (Å²) in [6, 6.07) is 10.7. The van der Waals surface area contributed by atoms with Crippen molar-refractivity contribution in [3.05, 3.63) is 47.5 Å². The maximum Gasteiger partial charge on any atom is 0.253 e. The number of carbonyl (C=O) groups is 1. The molecule has 1 amide bonds. The minimum Gasteiger partial charge on any atom is -0.493 e. The molecule has 0 aromatic heterocycles. The largest absolute Gasteiger partial charge is 0.493 e. The lowest BCUT2D eigenvalue weighted by Crippen LogP contribution is -2.29. The van der Waals surface area contributed by atoms with E-state index in [1.54, 1.807) is 44.4 Å². The average Bonchev–Trinajstić information content (AvgIpc) is 2.64. The zero-order valence-electron chi connectivity index (χ0n) is 14.7. The fourth-order valence-corrected chi connectivity index (χ4v) is 2.48. The van der Waals surface area contributed by atoms with Crippen molar-refractivity contribution in [3.63, 3.8) is 0 Å². The highest BCUT2D eigenvalue weighted by Crippen LogP contribution is 2.27. The number of hydrogen-bond acceptors (Lipinski definition) is 6. The summed E-state index contributed by atoms with van der Waals surface area (Å²) in [4.78, 5) is 14.2. The molecule has 0 aliphatic carbocycles. The fraction of sp³-hybridized carbons (Fsp3) is 0.278. The number of likely N-dealkylation sites (N-methyl/N-ethyl adjacent to an activating group) is 1. The third-order valence-electron chi connectivity index (χ3n) is 3.98. The van der Waals surface area contributed by atoms with E-state index in [-0.39, 0.29) is 5.91 Å². The Hall–Kier alpha value is -2.93. The predicted molar refractivity (Wildman–Crippen MR) is 98.9 cm³/mol. The van der Waals surface area contributed by atoms with Gasteiger partial charge in [-0.3, -0.25) is 10.6 Å². The normalized spacial score (nSPS) is 10.2. The lowest BCUT2D eigenvalue weighted by atomic mass is 10.1. The topological polar surface area (TPSA) is 103 Å². The molecule has 0 saturated heterocycles. The van der Waals surface area contributed by atoms with Crippen LogP contribution in [0.4, 0.5) is 11.4 Å². The van der Waals surface area contributed by atoms with Gasteiger partial charge in [0, 0.05) is 19.2 Å². The summed E-state index contributed by atoms with van der Waals surface area (Å²) in [5, 5.41) is 0. The summed E-state index contributed by atoms with van der Waals surface area (Å²) < 4.78 is 10.5. The smallest absolute Gasteiger partial charge is 0.253 e. The van der Waals surface area contributed by atoms with Crippen molar-refractivity contribution in [1.29, 1.82) is 0 Å². The van der Waals surface area contributed by atoms with Crippen molar-refractivity contribution in [3.8, 4) is 11.5 Å². The second kappa shape index (κ2) is 8.25. The first kappa shape index (κ1) is 18.4. The van der Waals surface area contributed by atoms with E-state index >= 15 is 0 Å². The molecule has 2 rings (SSSR count). The molecule has 0 fully saturated rings. The minimum absolute atomic E-state index is 0.101. The van der Waals surface area contributed by atoms with Crippen LogP contribution in [0.15, 0.2) is 36.4 Å². The average molecular weight is 344 g/mol. The Morgan fingerprint density at radius 3 is 2.44 bits per heavy atom. The van der Waals surface area contributed by atoms with Gasteiger partial charge >= 0.3 is 0 Å². The third kappa shape index (κ3) is 4.33. The number of hydrazine groups is 1. The van der Waals surface area contributed by atoms with Crippen molar-refractivity contribution < 1.29 is 14.3 Å². The van der Waals surface area contributed by atoms with Crippen LogP contribution in [0.1, 0.15) is 15.9 Å². The number of ether oxygens (including phenoxy) is 2. The number of nitrogens with one attached hydrogen (secondary N) is 1. The lowest BCUT2D eigenvalue weighted by Gasteiger charge is -2.18. The number of methoxy groups -OCH3 is 2. The van der Waals surface area contributed by atoms with E-state index < -0.39 is 0 Å². The van der Waals surface area contributed by atoms with Crippen LogP contribution in [0.5, 0.6) is 11.5 Å². The second-order valence-electron chi connectivity index (χ2n) is 5.61. The number of rotatable bonds is 7. The summed E-state index contributed by atoms with van der Waals surface area (Å²) in [5.74, 6) is 6.60. The molecule has 7 heteroatoms. The van der Waals surface area contributed by atoms with Crippen LogP contribution in [0.25, 0.3) is 0 Å². The van der Waals surface area contributed by atoms with Gasteiger partial charge in [0.25, 0.3) is 5.91 Å². The molecule has 0 unspecified atom stereocenters. The molecule has 0 bridgehead atoms. The van der Waals surface area contributed by atoms with Crippen LogP contribution in [-0.4, -0.2) is 38.6 Å². The first-order valence-corrected chi connectivity index (χ1v) is 7.82. The minimum atomic E-state index is -0.101. The maximum absolute atomic E-state index is 12.5. The Morgan fingerprint density at radius 2 is 1.84 bits per heavy atom.